The summed E-state index contributed by atoms with van der Waals surface area (Å²) in [5.74, 6) is 17.6. The smallest absolute Gasteiger partial charge is 0.0792 e. The largest absolute Gasteiger partial charge is 0.395 e. The van der Waals surface area contributed by atoms with Gasteiger partial charge in [0.05, 0.1) is 22.3 Å². The van der Waals surface area contributed by atoms with Crippen LogP contribution in [0.5, 0.6) is 0 Å². The zero-order valence-corrected chi connectivity index (χ0v) is 19.3. The second kappa shape index (κ2) is 9.96. The van der Waals surface area contributed by atoms with Crippen molar-refractivity contribution in [1.29, 1.82) is 0 Å². The molecule has 0 bridgehead atoms. The summed E-state index contributed by atoms with van der Waals surface area (Å²) >= 11 is 6.80. The van der Waals surface area contributed by atoms with E-state index in [4.69, 9.17) is 0 Å². The van der Waals surface area contributed by atoms with E-state index in [2.05, 4.69) is 77.3 Å². The van der Waals surface area contributed by atoms with Gasteiger partial charge in [-0.15, -0.1) is 45.3 Å². The van der Waals surface area contributed by atoms with E-state index in [1.807, 2.05) is 12.1 Å². The van der Waals surface area contributed by atoms with Gasteiger partial charge in [-0.05, 0) is 72.5 Å². The number of aliphatic hydroxyl groups excluding tert-OH is 1. The van der Waals surface area contributed by atoms with E-state index < -0.39 is 0 Å². The van der Waals surface area contributed by atoms with E-state index in [0.717, 1.165) is 14.6 Å². The van der Waals surface area contributed by atoms with E-state index in [1.165, 1.54) is 19.5 Å². The molecule has 1 atom stereocenters. The minimum absolute atomic E-state index is 0.00195. The van der Waals surface area contributed by atoms with Gasteiger partial charge in [0.1, 0.15) is 0 Å². The summed E-state index contributed by atoms with van der Waals surface area (Å²) in [5.41, 5.74) is 0. The lowest BCUT2D eigenvalue weighted by Gasteiger charge is -2.02. The van der Waals surface area contributed by atoms with Gasteiger partial charge in [-0.1, -0.05) is 23.8 Å². The molecular formula is C25H16OS4. The minimum atomic E-state index is -0.192. The normalized spacial score (nSPS) is 10.9. The molecule has 4 aromatic rings. The third kappa shape index (κ3) is 4.94. The highest BCUT2D eigenvalue weighted by molar-refractivity contribution is 7.26. The monoisotopic (exact) mass is 460 g/mol. The van der Waals surface area contributed by atoms with Crippen LogP contribution in [0.4, 0.5) is 0 Å². The van der Waals surface area contributed by atoms with Gasteiger partial charge in [0.2, 0.25) is 0 Å². The van der Waals surface area contributed by atoms with Crippen LogP contribution in [-0.2, 0) is 0 Å². The standard InChI is InChI=1S/C25H16OS4/c1-2-3-4-6-19-10-11-20(28-19)9-8-18(17-26)21-12-13-24(29-21)25-15-14-23(30-25)22-7-5-16-27-22/h5,7,10-16,18,26H,17H2,1H3/t18-/m0/s1. The Balaban J connectivity index is 1.50. The van der Waals surface area contributed by atoms with Crippen molar-refractivity contribution >= 4 is 45.3 Å². The average molecular weight is 461 g/mol. The summed E-state index contributed by atoms with van der Waals surface area (Å²) in [6.07, 6.45) is 0. The zero-order valence-electron chi connectivity index (χ0n) is 16.1. The Kier molecular flexibility index (Phi) is 6.88. The van der Waals surface area contributed by atoms with Gasteiger partial charge in [-0.3, -0.25) is 0 Å². The Morgan fingerprint density at radius 1 is 0.800 bits per heavy atom. The van der Waals surface area contributed by atoms with Crippen LogP contribution in [0.25, 0.3) is 19.5 Å². The van der Waals surface area contributed by atoms with E-state index in [9.17, 15) is 5.11 Å². The molecule has 0 aliphatic carbocycles. The van der Waals surface area contributed by atoms with Crippen molar-refractivity contribution in [2.24, 2.45) is 0 Å². The van der Waals surface area contributed by atoms with Crippen LogP contribution >= 0.6 is 45.3 Å². The van der Waals surface area contributed by atoms with E-state index in [-0.39, 0.29) is 12.5 Å². The Morgan fingerprint density at radius 3 is 2.27 bits per heavy atom. The number of rotatable bonds is 4. The lowest BCUT2D eigenvalue weighted by Crippen LogP contribution is -1.98. The molecule has 0 fully saturated rings. The molecule has 0 aromatic carbocycles. The first kappa shape index (κ1) is 20.7. The van der Waals surface area contributed by atoms with Gasteiger partial charge < -0.3 is 5.11 Å². The maximum atomic E-state index is 9.89. The molecule has 4 heterocycles. The zero-order chi connectivity index (χ0) is 20.8. The summed E-state index contributed by atoms with van der Waals surface area (Å²) in [5, 5.41) is 12.0. The SMILES string of the molecule is CC#CC#Cc1ccc(C#C[C@@H](CO)c2ccc(-c3ccc(-c4cccs4)s3)s2)s1. The molecule has 0 radical (unpaired) electrons. The maximum Gasteiger partial charge on any atom is 0.0792 e. The molecule has 1 N–H and O–H groups in total. The number of hydrogen-bond donors (Lipinski definition) is 1. The maximum absolute atomic E-state index is 9.89. The highest BCUT2D eigenvalue weighted by Gasteiger charge is 2.13. The van der Waals surface area contributed by atoms with E-state index in [0.29, 0.717) is 0 Å². The Bertz CT molecular complexity index is 1310. The van der Waals surface area contributed by atoms with E-state index in [1.54, 1.807) is 52.3 Å². The Hall–Kier alpha value is -2.56. The third-order valence-electron chi connectivity index (χ3n) is 4.11. The molecule has 0 aliphatic rings. The summed E-state index contributed by atoms with van der Waals surface area (Å²) in [7, 11) is 0. The molecule has 4 rings (SSSR count). The highest BCUT2D eigenvalue weighted by atomic mass is 32.1. The predicted molar refractivity (Wildman–Crippen MR) is 132 cm³/mol. The molecule has 0 saturated carbocycles. The molecule has 146 valence electrons. The third-order valence-corrected chi connectivity index (χ3v) is 8.58. The van der Waals surface area contributed by atoms with Crippen molar-refractivity contribution in [1.82, 2.24) is 0 Å². The fourth-order valence-electron chi connectivity index (χ4n) is 2.69. The molecule has 0 unspecified atom stereocenters. The van der Waals surface area contributed by atoms with Crippen molar-refractivity contribution in [3.05, 3.63) is 68.5 Å². The lowest BCUT2D eigenvalue weighted by molar-refractivity contribution is 0.288. The summed E-state index contributed by atoms with van der Waals surface area (Å²) < 4.78 is 0. The summed E-state index contributed by atoms with van der Waals surface area (Å²) in [6, 6.07) is 16.7. The number of aliphatic hydroxyl groups is 1. The molecule has 0 spiro atoms. The van der Waals surface area contributed by atoms with Gasteiger partial charge in [0.15, 0.2) is 0 Å². The van der Waals surface area contributed by atoms with E-state index >= 15 is 0 Å². The van der Waals surface area contributed by atoms with Crippen LogP contribution in [0.2, 0.25) is 0 Å². The quantitative estimate of drug-likeness (QED) is 0.333. The molecule has 0 amide bonds. The molecule has 30 heavy (non-hydrogen) atoms. The Labute approximate surface area is 192 Å². The first-order valence-corrected chi connectivity index (χ1v) is 12.5. The number of thiophene rings is 4. The van der Waals surface area contributed by atoms with Gasteiger partial charge in [-0.2, -0.15) is 0 Å². The second-order valence-corrected chi connectivity index (χ2v) is 10.4. The summed E-state index contributed by atoms with van der Waals surface area (Å²) in [4.78, 5) is 8.01. The minimum Gasteiger partial charge on any atom is -0.395 e. The van der Waals surface area contributed by atoms with Gasteiger partial charge in [-0.25, -0.2) is 0 Å². The second-order valence-electron chi connectivity index (χ2n) is 6.14. The molecule has 0 aliphatic heterocycles. The molecule has 4 aromatic heterocycles. The van der Waals surface area contributed by atoms with Gasteiger partial charge in [0.25, 0.3) is 0 Å². The average Bonchev–Trinajstić information content (AvgIpc) is 3.55. The molecule has 5 heteroatoms. The van der Waals surface area contributed by atoms with Crippen molar-refractivity contribution in [3.8, 4) is 55.0 Å². The van der Waals surface area contributed by atoms with Crippen LogP contribution < -0.4 is 0 Å². The van der Waals surface area contributed by atoms with Crippen LogP contribution in [0.3, 0.4) is 0 Å². The van der Waals surface area contributed by atoms with Gasteiger partial charge >= 0.3 is 0 Å². The van der Waals surface area contributed by atoms with Crippen LogP contribution in [0.1, 0.15) is 27.5 Å². The molecular weight excluding hydrogens is 445 g/mol. The van der Waals surface area contributed by atoms with Crippen LogP contribution in [-0.4, -0.2) is 11.7 Å². The van der Waals surface area contributed by atoms with Crippen LogP contribution in [0, 0.1) is 35.5 Å². The Morgan fingerprint density at radius 2 is 1.53 bits per heavy atom. The molecule has 0 saturated heterocycles. The topological polar surface area (TPSA) is 20.2 Å². The first-order valence-electron chi connectivity index (χ1n) is 9.15. The predicted octanol–water partition coefficient (Wildman–Crippen LogP) is 6.77. The number of hydrogen-bond acceptors (Lipinski definition) is 5. The van der Waals surface area contributed by atoms with Crippen molar-refractivity contribution in [3.63, 3.8) is 0 Å². The fraction of sp³-hybridized carbons (Fsp3) is 0.120. The highest BCUT2D eigenvalue weighted by Crippen LogP contribution is 2.40. The fourth-order valence-corrected chi connectivity index (χ4v) is 6.39. The molecule has 1 nitrogen and oxygen atoms in total. The lowest BCUT2D eigenvalue weighted by atomic mass is 10.1. The van der Waals surface area contributed by atoms with Crippen molar-refractivity contribution < 1.29 is 5.11 Å². The first-order chi connectivity index (χ1) is 14.8. The van der Waals surface area contributed by atoms with Crippen molar-refractivity contribution in [2.75, 3.05) is 6.61 Å². The van der Waals surface area contributed by atoms with Crippen LogP contribution in [0.15, 0.2) is 53.9 Å². The summed E-state index contributed by atoms with van der Waals surface area (Å²) in [6.45, 7) is 1.77. The van der Waals surface area contributed by atoms with Gasteiger partial charge in [0, 0.05) is 24.4 Å². The van der Waals surface area contributed by atoms with Crippen molar-refractivity contribution in [2.45, 2.75) is 12.8 Å².